The van der Waals surface area contributed by atoms with E-state index in [9.17, 15) is 13.5 Å². The summed E-state index contributed by atoms with van der Waals surface area (Å²) in [5.74, 6) is 0.0192. The van der Waals surface area contributed by atoms with E-state index in [1.165, 1.54) is 21.5 Å². The number of rotatable bonds is 4. The van der Waals surface area contributed by atoms with Crippen LogP contribution >= 0.6 is 0 Å². The standard InChI is InChI=1S/C22H28N2O3S/c1-16-21(25)8-5-9-22(16)28(26,27)23(2)19-10-11-20(14-19)24-13-12-17-6-3-4-7-18(17)15-24/h3-9,19-20,25H,10-15H2,1-2H3/t19-,20+/m1/s1. The minimum absolute atomic E-state index is 0.00563. The van der Waals surface area contributed by atoms with Crippen LogP contribution in [0.15, 0.2) is 47.4 Å². The Morgan fingerprint density at radius 2 is 1.82 bits per heavy atom. The first-order valence-electron chi connectivity index (χ1n) is 9.95. The van der Waals surface area contributed by atoms with Crippen LogP contribution in [0.5, 0.6) is 5.75 Å². The maximum absolute atomic E-state index is 13.1. The fourth-order valence-electron chi connectivity index (χ4n) is 4.66. The van der Waals surface area contributed by atoms with Crippen molar-refractivity contribution in [3.63, 3.8) is 0 Å². The van der Waals surface area contributed by atoms with E-state index < -0.39 is 10.0 Å². The van der Waals surface area contributed by atoms with Gasteiger partial charge >= 0.3 is 0 Å². The molecule has 0 bridgehead atoms. The summed E-state index contributed by atoms with van der Waals surface area (Å²) >= 11 is 0. The molecule has 1 saturated carbocycles. The van der Waals surface area contributed by atoms with E-state index in [0.717, 1.165) is 38.8 Å². The molecule has 0 spiro atoms. The third kappa shape index (κ3) is 3.45. The Hall–Kier alpha value is -1.89. The molecular weight excluding hydrogens is 372 g/mol. The van der Waals surface area contributed by atoms with Crippen LogP contribution < -0.4 is 0 Å². The van der Waals surface area contributed by atoms with Crippen molar-refractivity contribution in [2.75, 3.05) is 13.6 Å². The van der Waals surface area contributed by atoms with Crippen molar-refractivity contribution in [3.05, 3.63) is 59.2 Å². The van der Waals surface area contributed by atoms with Crippen molar-refractivity contribution < 1.29 is 13.5 Å². The molecule has 0 radical (unpaired) electrons. The normalized spacial score (nSPS) is 23.1. The number of benzene rings is 2. The second kappa shape index (κ2) is 7.50. The van der Waals surface area contributed by atoms with Crippen molar-refractivity contribution in [2.24, 2.45) is 0 Å². The van der Waals surface area contributed by atoms with Gasteiger partial charge in [-0.25, -0.2) is 8.42 Å². The van der Waals surface area contributed by atoms with E-state index >= 15 is 0 Å². The van der Waals surface area contributed by atoms with Crippen LogP contribution in [0.2, 0.25) is 0 Å². The van der Waals surface area contributed by atoms with Crippen LogP contribution in [-0.2, 0) is 23.0 Å². The quantitative estimate of drug-likeness (QED) is 0.855. The van der Waals surface area contributed by atoms with Crippen LogP contribution in [0.3, 0.4) is 0 Å². The van der Waals surface area contributed by atoms with Crippen molar-refractivity contribution in [2.45, 2.75) is 56.1 Å². The Morgan fingerprint density at radius 3 is 2.61 bits per heavy atom. The molecule has 1 aliphatic carbocycles. The largest absolute Gasteiger partial charge is 0.508 e. The second-order valence-corrected chi connectivity index (χ2v) is 10.00. The van der Waals surface area contributed by atoms with Gasteiger partial charge in [0.2, 0.25) is 10.0 Å². The fraction of sp³-hybridized carbons (Fsp3) is 0.455. The second-order valence-electron chi connectivity index (χ2n) is 8.03. The van der Waals surface area contributed by atoms with Crippen LogP contribution in [-0.4, -0.2) is 48.4 Å². The molecule has 1 aliphatic heterocycles. The minimum Gasteiger partial charge on any atom is -0.508 e. The fourth-order valence-corrected chi connectivity index (χ4v) is 6.30. The number of phenols is 1. The van der Waals surface area contributed by atoms with Gasteiger partial charge in [0, 0.05) is 37.8 Å². The highest BCUT2D eigenvalue weighted by atomic mass is 32.2. The number of aromatic hydroxyl groups is 1. The summed E-state index contributed by atoms with van der Waals surface area (Å²) < 4.78 is 27.8. The molecule has 1 fully saturated rings. The molecule has 0 amide bonds. The number of sulfonamides is 1. The highest BCUT2D eigenvalue weighted by molar-refractivity contribution is 7.89. The first-order chi connectivity index (χ1) is 13.4. The molecule has 0 saturated heterocycles. The summed E-state index contributed by atoms with van der Waals surface area (Å²) in [6.07, 6.45) is 3.81. The summed E-state index contributed by atoms with van der Waals surface area (Å²) in [7, 11) is -1.95. The molecule has 2 aliphatic rings. The average molecular weight is 401 g/mol. The Kier molecular flexibility index (Phi) is 5.21. The van der Waals surface area contributed by atoms with Crippen molar-refractivity contribution in [3.8, 4) is 5.75 Å². The molecule has 2 aromatic carbocycles. The van der Waals surface area contributed by atoms with Gasteiger partial charge < -0.3 is 5.11 Å². The maximum Gasteiger partial charge on any atom is 0.243 e. The number of fused-ring (bicyclic) bond motifs is 1. The third-order valence-electron chi connectivity index (χ3n) is 6.48. The molecule has 1 heterocycles. The molecule has 0 aromatic heterocycles. The first-order valence-corrected chi connectivity index (χ1v) is 11.4. The van der Waals surface area contributed by atoms with E-state index in [1.807, 2.05) is 0 Å². The number of nitrogens with zero attached hydrogens (tertiary/aromatic N) is 2. The van der Waals surface area contributed by atoms with Gasteiger partial charge in [-0.3, -0.25) is 4.90 Å². The highest BCUT2D eigenvalue weighted by Crippen LogP contribution is 2.34. The lowest BCUT2D eigenvalue weighted by molar-refractivity contribution is 0.175. The lowest BCUT2D eigenvalue weighted by Crippen LogP contribution is -2.40. The zero-order valence-electron chi connectivity index (χ0n) is 16.5. The molecule has 28 heavy (non-hydrogen) atoms. The Morgan fingerprint density at radius 1 is 1.07 bits per heavy atom. The number of phenolic OH excluding ortho intramolecular Hbond substituents is 1. The number of hydrogen-bond acceptors (Lipinski definition) is 4. The molecule has 0 unspecified atom stereocenters. The first kappa shape index (κ1) is 19.4. The highest BCUT2D eigenvalue weighted by Gasteiger charge is 2.37. The summed E-state index contributed by atoms with van der Waals surface area (Å²) in [6, 6.07) is 13.7. The topological polar surface area (TPSA) is 60.9 Å². The van der Waals surface area contributed by atoms with E-state index in [-0.39, 0.29) is 16.7 Å². The zero-order valence-corrected chi connectivity index (χ0v) is 17.3. The average Bonchev–Trinajstić information content (AvgIpc) is 3.19. The molecule has 2 aromatic rings. The van der Waals surface area contributed by atoms with E-state index in [1.54, 1.807) is 26.1 Å². The van der Waals surface area contributed by atoms with Gasteiger partial charge in [-0.1, -0.05) is 30.3 Å². The van der Waals surface area contributed by atoms with Gasteiger partial charge in [-0.05, 0) is 55.9 Å². The lowest BCUT2D eigenvalue weighted by atomic mass is 9.98. The van der Waals surface area contributed by atoms with Gasteiger partial charge in [-0.2, -0.15) is 4.31 Å². The van der Waals surface area contributed by atoms with Crippen LogP contribution in [0, 0.1) is 6.92 Å². The minimum atomic E-state index is -3.62. The number of hydrogen-bond donors (Lipinski definition) is 1. The molecule has 4 rings (SSSR count). The smallest absolute Gasteiger partial charge is 0.243 e. The van der Waals surface area contributed by atoms with Gasteiger partial charge in [0.05, 0.1) is 4.90 Å². The zero-order chi connectivity index (χ0) is 19.9. The third-order valence-corrected chi connectivity index (χ3v) is 8.54. The Labute approximate surface area is 167 Å². The lowest BCUT2D eigenvalue weighted by Gasteiger charge is -2.34. The molecule has 1 N–H and O–H groups in total. The van der Waals surface area contributed by atoms with Crippen molar-refractivity contribution in [1.29, 1.82) is 0 Å². The van der Waals surface area contributed by atoms with E-state index in [4.69, 9.17) is 0 Å². The van der Waals surface area contributed by atoms with Gasteiger partial charge in [0.25, 0.3) is 0 Å². The molecule has 6 heteroatoms. The van der Waals surface area contributed by atoms with Gasteiger partial charge in [0.1, 0.15) is 5.75 Å². The van der Waals surface area contributed by atoms with E-state index in [2.05, 4.69) is 29.2 Å². The summed E-state index contributed by atoms with van der Waals surface area (Å²) in [4.78, 5) is 2.72. The van der Waals surface area contributed by atoms with Crippen LogP contribution in [0.4, 0.5) is 0 Å². The van der Waals surface area contributed by atoms with Crippen molar-refractivity contribution >= 4 is 10.0 Å². The predicted molar refractivity (Wildman–Crippen MR) is 110 cm³/mol. The Balaban J connectivity index is 1.47. The van der Waals surface area contributed by atoms with Gasteiger partial charge in [0.15, 0.2) is 0 Å². The van der Waals surface area contributed by atoms with Gasteiger partial charge in [-0.15, -0.1) is 0 Å². The Bertz CT molecular complexity index is 973. The SMILES string of the molecule is Cc1c(O)cccc1S(=O)(=O)N(C)[C@@H]1CC[C@H](N2CCc3ccccc3C2)C1. The maximum atomic E-state index is 13.1. The predicted octanol–water partition coefficient (Wildman–Crippen LogP) is 3.30. The van der Waals surface area contributed by atoms with Crippen LogP contribution in [0.25, 0.3) is 0 Å². The molecule has 5 nitrogen and oxygen atoms in total. The summed E-state index contributed by atoms with van der Waals surface area (Å²) in [5.41, 5.74) is 3.25. The summed E-state index contributed by atoms with van der Waals surface area (Å²) in [6.45, 7) is 3.64. The van der Waals surface area contributed by atoms with Crippen molar-refractivity contribution in [1.82, 2.24) is 9.21 Å². The molecule has 150 valence electrons. The van der Waals surface area contributed by atoms with E-state index in [0.29, 0.717) is 11.6 Å². The molecular formula is C22H28N2O3S. The molecule has 2 atom stereocenters. The summed E-state index contributed by atoms with van der Waals surface area (Å²) in [5, 5.41) is 9.91. The van der Waals surface area contributed by atoms with Crippen LogP contribution in [0.1, 0.15) is 36.0 Å². The monoisotopic (exact) mass is 400 g/mol.